The summed E-state index contributed by atoms with van der Waals surface area (Å²) in [5.74, 6) is -3.00. The largest absolute Gasteiger partial charge is 0.459 e. The minimum atomic E-state index is -1.30. The molecule has 5 rings (SSSR count). The summed E-state index contributed by atoms with van der Waals surface area (Å²) in [6.07, 6.45) is 2.90. The first-order valence-electron chi connectivity index (χ1n) is 15.7. The van der Waals surface area contributed by atoms with Crippen LogP contribution in [-0.4, -0.2) is 59.5 Å². The van der Waals surface area contributed by atoms with Crippen molar-refractivity contribution in [2.45, 2.75) is 90.0 Å². The average molecular weight is 631 g/mol. The van der Waals surface area contributed by atoms with E-state index in [9.17, 15) is 19.2 Å². The van der Waals surface area contributed by atoms with Crippen LogP contribution in [0.25, 0.3) is 12.2 Å². The highest BCUT2D eigenvalue weighted by molar-refractivity contribution is 5.88. The lowest BCUT2D eigenvalue weighted by molar-refractivity contribution is -0.306. The zero-order valence-corrected chi connectivity index (χ0v) is 27.1. The molecule has 2 bridgehead atoms. The van der Waals surface area contributed by atoms with Gasteiger partial charge in [-0.25, -0.2) is 9.59 Å². The van der Waals surface area contributed by atoms with Crippen LogP contribution in [0.1, 0.15) is 65.5 Å². The maximum absolute atomic E-state index is 13.4. The third-order valence-corrected chi connectivity index (χ3v) is 9.87. The van der Waals surface area contributed by atoms with Gasteiger partial charge in [-0.05, 0) is 62.8 Å². The van der Waals surface area contributed by atoms with E-state index in [4.69, 9.17) is 23.7 Å². The summed E-state index contributed by atoms with van der Waals surface area (Å²) in [6.45, 7) is 10.2. The smallest absolute Gasteiger partial charge is 0.331 e. The second-order valence-electron chi connectivity index (χ2n) is 13.2. The predicted octanol–water partition coefficient (Wildman–Crippen LogP) is 5.71. The molecule has 1 heterocycles. The Morgan fingerprint density at radius 1 is 0.717 bits per heavy atom. The van der Waals surface area contributed by atoms with Crippen LogP contribution < -0.4 is 0 Å². The molecule has 2 aromatic carbocycles. The molecule has 1 spiro atoms. The quantitative estimate of drug-likeness (QED) is 0.205. The Bertz CT molecular complexity index is 1510. The number of carbonyl (C=O) groups is 4. The van der Waals surface area contributed by atoms with E-state index in [1.807, 2.05) is 88.4 Å². The zero-order chi connectivity index (χ0) is 33.3. The van der Waals surface area contributed by atoms with Crippen LogP contribution in [0.3, 0.4) is 0 Å². The molecule has 8 atom stereocenters. The van der Waals surface area contributed by atoms with Crippen molar-refractivity contribution in [3.05, 3.63) is 83.9 Å². The van der Waals surface area contributed by atoms with E-state index >= 15 is 0 Å². The number of ether oxygens (including phenoxy) is 5. The monoisotopic (exact) mass is 630 g/mol. The Balaban J connectivity index is 1.56. The molecule has 3 aliphatic rings. The van der Waals surface area contributed by atoms with Crippen molar-refractivity contribution < 1.29 is 42.9 Å². The second-order valence-corrected chi connectivity index (χ2v) is 13.2. The molecule has 1 aliphatic heterocycles. The summed E-state index contributed by atoms with van der Waals surface area (Å²) in [4.78, 5) is 51.8. The maximum Gasteiger partial charge on any atom is 0.331 e. The number of hydrogen-bond donors (Lipinski definition) is 0. The summed E-state index contributed by atoms with van der Waals surface area (Å²) < 4.78 is 31.3. The minimum Gasteiger partial charge on any atom is -0.459 e. The topological polar surface area (TPSA) is 114 Å². The molecule has 46 heavy (non-hydrogen) atoms. The van der Waals surface area contributed by atoms with E-state index in [1.54, 1.807) is 12.2 Å². The molecule has 0 radical (unpaired) electrons. The third-order valence-electron chi connectivity index (χ3n) is 9.87. The predicted molar refractivity (Wildman–Crippen MR) is 170 cm³/mol. The van der Waals surface area contributed by atoms with Gasteiger partial charge in [-0.1, -0.05) is 67.6 Å². The molecule has 8 unspecified atom stereocenters. The lowest BCUT2D eigenvalue weighted by Crippen LogP contribution is -2.76. The fourth-order valence-corrected chi connectivity index (χ4v) is 7.97. The maximum atomic E-state index is 13.4. The van der Waals surface area contributed by atoms with Gasteiger partial charge in [-0.15, -0.1) is 0 Å². The van der Waals surface area contributed by atoms with Crippen molar-refractivity contribution in [3.8, 4) is 0 Å². The molecule has 9 heteroatoms. The molecule has 3 fully saturated rings. The van der Waals surface area contributed by atoms with E-state index in [0.717, 1.165) is 11.1 Å². The Morgan fingerprint density at radius 2 is 1.22 bits per heavy atom. The molecular formula is C37H42O9. The van der Waals surface area contributed by atoms with Crippen LogP contribution in [-0.2, 0) is 42.9 Å². The number of hydrogen-bond acceptors (Lipinski definition) is 9. The van der Waals surface area contributed by atoms with Gasteiger partial charge >= 0.3 is 23.9 Å². The van der Waals surface area contributed by atoms with Crippen LogP contribution in [0.5, 0.6) is 0 Å². The van der Waals surface area contributed by atoms with Gasteiger partial charge in [0.2, 0.25) is 0 Å². The van der Waals surface area contributed by atoms with Crippen molar-refractivity contribution in [1.82, 2.24) is 0 Å². The summed E-state index contributed by atoms with van der Waals surface area (Å²) >= 11 is 0. The van der Waals surface area contributed by atoms with Crippen molar-refractivity contribution in [2.24, 2.45) is 17.3 Å². The SMILES string of the molecule is CC(=O)OC1C(OC(=O)C=Cc2ccccc2)CC(C)C23OC(C)(C)C(CC(OC(=O)C=Cc4ccccc4)C12C)C3OC(C)=O. The summed E-state index contributed by atoms with van der Waals surface area (Å²) in [5, 5.41) is 0. The van der Waals surface area contributed by atoms with E-state index in [-0.39, 0.29) is 24.7 Å². The van der Waals surface area contributed by atoms with Crippen molar-refractivity contribution in [3.63, 3.8) is 0 Å². The number of rotatable bonds is 8. The summed E-state index contributed by atoms with van der Waals surface area (Å²) in [6, 6.07) is 18.7. The molecule has 0 N–H and O–H groups in total. The van der Waals surface area contributed by atoms with Crippen molar-refractivity contribution in [2.75, 3.05) is 0 Å². The number of fused-ring (bicyclic) bond motifs is 1. The van der Waals surface area contributed by atoms with Crippen LogP contribution >= 0.6 is 0 Å². The van der Waals surface area contributed by atoms with Crippen LogP contribution in [0.2, 0.25) is 0 Å². The van der Waals surface area contributed by atoms with E-state index in [0.29, 0.717) is 0 Å². The molecule has 0 aromatic heterocycles. The van der Waals surface area contributed by atoms with Gasteiger partial charge in [-0.3, -0.25) is 9.59 Å². The highest BCUT2D eigenvalue weighted by atomic mass is 16.6. The minimum absolute atomic E-state index is 0.244. The van der Waals surface area contributed by atoms with Gasteiger partial charge in [0.05, 0.1) is 11.0 Å². The normalized spacial score (nSPS) is 32.8. The Labute approximate surface area is 269 Å². The molecule has 9 nitrogen and oxygen atoms in total. The lowest BCUT2D eigenvalue weighted by Gasteiger charge is -2.62. The van der Waals surface area contributed by atoms with Crippen molar-refractivity contribution in [1.29, 1.82) is 0 Å². The third kappa shape index (κ3) is 6.12. The van der Waals surface area contributed by atoms with E-state index in [2.05, 4.69) is 0 Å². The average Bonchev–Trinajstić information content (AvgIpc) is 3.18. The molecule has 2 aliphatic carbocycles. The molecule has 2 aromatic rings. The Hall–Kier alpha value is -4.24. The highest BCUT2D eigenvalue weighted by Crippen LogP contribution is 2.67. The number of esters is 4. The Kier molecular flexibility index (Phi) is 9.27. The molecular weight excluding hydrogens is 588 g/mol. The zero-order valence-electron chi connectivity index (χ0n) is 27.1. The first-order valence-corrected chi connectivity index (χ1v) is 15.7. The number of carbonyl (C=O) groups excluding carboxylic acids is 4. The van der Waals surface area contributed by atoms with Gasteiger partial charge in [-0.2, -0.15) is 0 Å². The van der Waals surface area contributed by atoms with Gasteiger partial charge in [0.25, 0.3) is 0 Å². The molecule has 2 saturated carbocycles. The van der Waals surface area contributed by atoms with Crippen LogP contribution in [0.4, 0.5) is 0 Å². The van der Waals surface area contributed by atoms with Crippen LogP contribution in [0.15, 0.2) is 72.8 Å². The summed E-state index contributed by atoms with van der Waals surface area (Å²) in [7, 11) is 0. The van der Waals surface area contributed by atoms with Crippen LogP contribution in [0, 0.1) is 17.3 Å². The van der Waals surface area contributed by atoms with Gasteiger partial charge in [0.1, 0.15) is 23.9 Å². The van der Waals surface area contributed by atoms with Gasteiger partial charge in [0, 0.05) is 31.9 Å². The number of benzene rings is 2. The summed E-state index contributed by atoms with van der Waals surface area (Å²) in [5.41, 5.74) is -1.70. The molecule has 1 saturated heterocycles. The van der Waals surface area contributed by atoms with E-state index in [1.165, 1.54) is 26.0 Å². The van der Waals surface area contributed by atoms with Gasteiger partial charge in [0.15, 0.2) is 6.10 Å². The van der Waals surface area contributed by atoms with Gasteiger partial charge < -0.3 is 23.7 Å². The highest BCUT2D eigenvalue weighted by Gasteiger charge is 2.80. The second kappa shape index (κ2) is 12.9. The first kappa shape index (κ1) is 33.1. The van der Waals surface area contributed by atoms with E-state index < -0.39 is 64.9 Å². The lowest BCUT2D eigenvalue weighted by atomic mass is 9.48. The molecule has 0 amide bonds. The first-order chi connectivity index (χ1) is 21.8. The molecule has 244 valence electrons. The standard InChI is InChI=1S/C37H42O9/c1-23-21-29(44-31(40)19-17-26-13-9-7-10-14-26)34(43-25(3)39)36(6)30(45-32(41)20-18-27-15-11-8-12-16-27)22-28-33(42-24(2)38)37(23,36)46-35(28,4)5/h7-20,23,28-30,33-34H,21-22H2,1-6H3. The fraction of sp³-hybridized carbons (Fsp3) is 0.459. The Morgan fingerprint density at radius 3 is 1.74 bits per heavy atom. The fourth-order valence-electron chi connectivity index (χ4n) is 7.97. The van der Waals surface area contributed by atoms with Crippen molar-refractivity contribution >= 4 is 36.0 Å².